The topological polar surface area (TPSA) is 187 Å². The second-order valence-electron chi connectivity index (χ2n) is 6.23. The summed E-state index contributed by atoms with van der Waals surface area (Å²) in [6.45, 7) is 0. The van der Waals surface area contributed by atoms with E-state index >= 15 is 0 Å². The Kier molecular flexibility index (Phi) is 5.82. The molecule has 0 saturated heterocycles. The van der Waals surface area contributed by atoms with Crippen molar-refractivity contribution in [3.05, 3.63) is 34.5 Å². The van der Waals surface area contributed by atoms with E-state index < -0.39 is 63.7 Å². The number of methoxy groups -OCH3 is 3. The zero-order chi connectivity index (χ0) is 24.0. The van der Waals surface area contributed by atoms with Crippen molar-refractivity contribution < 1.29 is 49.7 Å². The van der Waals surface area contributed by atoms with Crippen LogP contribution in [0.2, 0.25) is 0 Å². The first kappa shape index (κ1) is 23.3. The van der Waals surface area contributed by atoms with Crippen molar-refractivity contribution in [2.75, 3.05) is 21.3 Å². The maximum absolute atomic E-state index is 12.7. The lowest BCUT2D eigenvalue weighted by Crippen LogP contribution is -2.08. The highest BCUT2D eigenvalue weighted by Gasteiger charge is 2.30. The standard InChI is InChI=1S/C18H16O12S2/c1-27-15-8(6-13(32(24,25)26)17(28-2)18(15)29-3)11-7-10(20)14-9(19)4-5-12(16(14)30-11)31(21,22)23/h4-7,19H,1-3H3,(H,21,22,23)(H,24,25,26). The van der Waals surface area contributed by atoms with Crippen LogP contribution in [0.25, 0.3) is 22.3 Å². The average Bonchev–Trinajstić information content (AvgIpc) is 2.69. The molecule has 0 aliphatic carbocycles. The Bertz CT molecular complexity index is 1500. The van der Waals surface area contributed by atoms with E-state index in [2.05, 4.69) is 0 Å². The molecule has 0 atom stereocenters. The summed E-state index contributed by atoms with van der Waals surface area (Å²) < 4.78 is 87.4. The minimum Gasteiger partial charge on any atom is -0.507 e. The first-order chi connectivity index (χ1) is 14.8. The fraction of sp³-hybridized carbons (Fsp3) is 0.167. The number of rotatable bonds is 6. The number of benzene rings is 2. The molecular weight excluding hydrogens is 472 g/mol. The maximum atomic E-state index is 12.7. The van der Waals surface area contributed by atoms with Crippen LogP contribution in [0, 0.1) is 0 Å². The molecule has 3 aromatic rings. The van der Waals surface area contributed by atoms with Crippen molar-refractivity contribution in [3.8, 4) is 34.3 Å². The Morgan fingerprint density at radius 3 is 1.88 bits per heavy atom. The fourth-order valence-corrected chi connectivity index (χ4v) is 4.41. The third kappa shape index (κ3) is 3.84. The molecule has 0 bridgehead atoms. The van der Waals surface area contributed by atoms with Crippen molar-refractivity contribution in [2.24, 2.45) is 0 Å². The van der Waals surface area contributed by atoms with E-state index in [9.17, 15) is 35.8 Å². The predicted molar refractivity (Wildman–Crippen MR) is 109 cm³/mol. The lowest BCUT2D eigenvalue weighted by Gasteiger charge is -2.18. The van der Waals surface area contributed by atoms with E-state index in [0.717, 1.165) is 38.5 Å². The number of ether oxygens (including phenoxy) is 3. The predicted octanol–water partition coefficient (Wildman–Crippen LogP) is 1.68. The van der Waals surface area contributed by atoms with Gasteiger partial charge >= 0.3 is 0 Å². The van der Waals surface area contributed by atoms with Crippen LogP contribution in [-0.2, 0) is 20.2 Å². The van der Waals surface area contributed by atoms with Gasteiger partial charge < -0.3 is 23.7 Å². The third-order valence-electron chi connectivity index (χ3n) is 4.41. The van der Waals surface area contributed by atoms with Gasteiger partial charge in [0, 0.05) is 6.07 Å². The maximum Gasteiger partial charge on any atom is 0.298 e. The summed E-state index contributed by atoms with van der Waals surface area (Å²) in [4.78, 5) is 11.1. The molecule has 0 radical (unpaired) electrons. The Balaban J connectivity index is 2.55. The van der Waals surface area contributed by atoms with Crippen LogP contribution in [-0.4, -0.2) is 52.4 Å². The van der Waals surface area contributed by atoms with Crippen LogP contribution in [0.3, 0.4) is 0 Å². The van der Waals surface area contributed by atoms with Crippen molar-refractivity contribution >= 4 is 31.2 Å². The molecule has 32 heavy (non-hydrogen) atoms. The van der Waals surface area contributed by atoms with Crippen LogP contribution in [0.5, 0.6) is 23.0 Å². The van der Waals surface area contributed by atoms with Gasteiger partial charge in [-0.15, -0.1) is 0 Å². The van der Waals surface area contributed by atoms with E-state index in [-0.39, 0.29) is 17.1 Å². The van der Waals surface area contributed by atoms with Gasteiger partial charge in [-0.1, -0.05) is 0 Å². The molecule has 0 spiro atoms. The molecule has 2 aromatic carbocycles. The van der Waals surface area contributed by atoms with Crippen molar-refractivity contribution in [1.82, 2.24) is 0 Å². The van der Waals surface area contributed by atoms with Gasteiger partial charge in [-0.3, -0.25) is 13.9 Å². The van der Waals surface area contributed by atoms with E-state index in [1.165, 1.54) is 7.11 Å². The molecule has 0 aliphatic rings. The SMILES string of the molecule is COc1c(-c2cc(=O)c3c(O)ccc(S(=O)(=O)O)c3o2)cc(S(=O)(=O)O)c(OC)c1OC. The summed E-state index contributed by atoms with van der Waals surface area (Å²) in [6.07, 6.45) is 0. The van der Waals surface area contributed by atoms with Gasteiger partial charge in [-0.2, -0.15) is 16.8 Å². The molecule has 1 aromatic heterocycles. The van der Waals surface area contributed by atoms with Gasteiger partial charge in [-0.25, -0.2) is 0 Å². The molecule has 1 heterocycles. The number of phenolic OH excluding ortho intramolecular Hbond substituents is 1. The number of fused-ring (bicyclic) bond motifs is 1. The van der Waals surface area contributed by atoms with E-state index in [1.807, 2.05) is 0 Å². The largest absolute Gasteiger partial charge is 0.507 e. The highest BCUT2D eigenvalue weighted by Crippen LogP contribution is 2.48. The second kappa shape index (κ2) is 7.98. The van der Waals surface area contributed by atoms with E-state index in [1.54, 1.807) is 0 Å². The quantitative estimate of drug-likeness (QED) is 0.427. The minimum atomic E-state index is -4.89. The van der Waals surface area contributed by atoms with Crippen LogP contribution in [0.15, 0.2) is 43.3 Å². The molecule has 0 aliphatic heterocycles. The van der Waals surface area contributed by atoms with Gasteiger partial charge in [0.05, 0.1) is 26.9 Å². The first-order valence-corrected chi connectivity index (χ1v) is 11.3. The van der Waals surface area contributed by atoms with Gasteiger partial charge in [0.1, 0.15) is 26.7 Å². The summed E-state index contributed by atoms with van der Waals surface area (Å²) in [5, 5.41) is 9.45. The number of hydrogen-bond donors (Lipinski definition) is 3. The number of hydrogen-bond acceptors (Lipinski definition) is 10. The molecule has 12 nitrogen and oxygen atoms in total. The van der Waals surface area contributed by atoms with E-state index in [0.29, 0.717) is 0 Å². The van der Waals surface area contributed by atoms with Gasteiger partial charge in [0.2, 0.25) is 5.75 Å². The van der Waals surface area contributed by atoms with E-state index in [4.69, 9.17) is 18.6 Å². The third-order valence-corrected chi connectivity index (χ3v) is 6.15. The lowest BCUT2D eigenvalue weighted by molar-refractivity contribution is 0.318. The molecular formula is C18H16O12S2. The molecule has 3 N–H and O–H groups in total. The normalized spacial score (nSPS) is 12.0. The molecule has 0 fully saturated rings. The Morgan fingerprint density at radius 1 is 0.812 bits per heavy atom. The highest BCUT2D eigenvalue weighted by molar-refractivity contribution is 7.86. The smallest absolute Gasteiger partial charge is 0.298 e. The Labute approximate surface area is 181 Å². The number of phenols is 1. The van der Waals surface area contributed by atoms with Gasteiger partial charge in [-0.05, 0) is 18.2 Å². The Morgan fingerprint density at radius 2 is 1.38 bits per heavy atom. The van der Waals surface area contributed by atoms with Crippen LogP contribution < -0.4 is 19.6 Å². The van der Waals surface area contributed by atoms with Crippen LogP contribution in [0.1, 0.15) is 0 Å². The van der Waals surface area contributed by atoms with Crippen molar-refractivity contribution in [1.29, 1.82) is 0 Å². The highest BCUT2D eigenvalue weighted by atomic mass is 32.2. The summed E-state index contributed by atoms with van der Waals surface area (Å²) >= 11 is 0. The molecule has 0 unspecified atom stereocenters. The lowest BCUT2D eigenvalue weighted by atomic mass is 10.1. The first-order valence-electron chi connectivity index (χ1n) is 8.43. The molecule has 0 amide bonds. The van der Waals surface area contributed by atoms with Gasteiger partial charge in [0.15, 0.2) is 22.5 Å². The number of aromatic hydroxyl groups is 1. The fourth-order valence-electron chi connectivity index (χ4n) is 3.11. The van der Waals surface area contributed by atoms with Crippen molar-refractivity contribution in [3.63, 3.8) is 0 Å². The zero-order valence-electron chi connectivity index (χ0n) is 16.6. The monoisotopic (exact) mass is 488 g/mol. The Hall–Kier alpha value is -3.33. The molecule has 172 valence electrons. The van der Waals surface area contributed by atoms with Crippen LogP contribution >= 0.6 is 0 Å². The van der Waals surface area contributed by atoms with Gasteiger partial charge in [0.25, 0.3) is 20.2 Å². The minimum absolute atomic E-state index is 0.187. The summed E-state index contributed by atoms with van der Waals surface area (Å²) in [7, 11) is -6.32. The molecule has 0 saturated carbocycles. The summed E-state index contributed by atoms with van der Waals surface area (Å²) in [5.41, 5.74) is -1.86. The zero-order valence-corrected chi connectivity index (χ0v) is 18.3. The second-order valence-corrected chi connectivity index (χ2v) is 9.01. The van der Waals surface area contributed by atoms with Crippen molar-refractivity contribution in [2.45, 2.75) is 9.79 Å². The molecule has 14 heteroatoms. The average molecular weight is 488 g/mol. The summed E-state index contributed by atoms with van der Waals surface area (Å²) in [6, 6.07) is 3.38. The molecule has 3 rings (SSSR count). The van der Waals surface area contributed by atoms with Crippen LogP contribution in [0.4, 0.5) is 0 Å². The summed E-state index contributed by atoms with van der Waals surface area (Å²) in [5.74, 6) is -1.93.